The van der Waals surface area contributed by atoms with E-state index in [2.05, 4.69) is 19.2 Å². The van der Waals surface area contributed by atoms with E-state index in [1.807, 2.05) is 4.90 Å². The SMILES string of the molecule is CCCNCCC(=O)N1CCCC(C)C1. The maximum atomic E-state index is 11.8. The first kappa shape index (κ1) is 12.5. The first-order chi connectivity index (χ1) is 7.24. The molecule has 0 aromatic heterocycles. The van der Waals surface area contributed by atoms with Crippen LogP contribution in [0.3, 0.4) is 0 Å². The molecule has 0 aromatic rings. The Morgan fingerprint density at radius 3 is 2.93 bits per heavy atom. The molecule has 1 unspecified atom stereocenters. The van der Waals surface area contributed by atoms with Gasteiger partial charge in [-0.2, -0.15) is 0 Å². The Morgan fingerprint density at radius 1 is 1.47 bits per heavy atom. The molecular weight excluding hydrogens is 188 g/mol. The molecule has 1 amide bonds. The number of hydrogen-bond acceptors (Lipinski definition) is 2. The largest absolute Gasteiger partial charge is 0.342 e. The second kappa shape index (κ2) is 6.83. The smallest absolute Gasteiger partial charge is 0.223 e. The highest BCUT2D eigenvalue weighted by Crippen LogP contribution is 2.15. The third kappa shape index (κ3) is 4.65. The summed E-state index contributed by atoms with van der Waals surface area (Å²) >= 11 is 0. The molecule has 15 heavy (non-hydrogen) atoms. The van der Waals surface area contributed by atoms with Crippen LogP contribution in [0.1, 0.15) is 39.5 Å². The molecule has 88 valence electrons. The average molecular weight is 212 g/mol. The summed E-state index contributed by atoms with van der Waals surface area (Å²) < 4.78 is 0. The molecule has 3 nitrogen and oxygen atoms in total. The average Bonchev–Trinajstić information content (AvgIpc) is 2.24. The summed E-state index contributed by atoms with van der Waals surface area (Å²) in [6.07, 6.45) is 4.24. The van der Waals surface area contributed by atoms with Gasteiger partial charge in [-0.3, -0.25) is 4.79 Å². The summed E-state index contributed by atoms with van der Waals surface area (Å²) in [7, 11) is 0. The third-order valence-electron chi connectivity index (χ3n) is 2.95. The Morgan fingerprint density at radius 2 is 2.27 bits per heavy atom. The number of carbonyl (C=O) groups excluding carboxylic acids is 1. The van der Waals surface area contributed by atoms with Crippen LogP contribution in [0.15, 0.2) is 0 Å². The topological polar surface area (TPSA) is 32.3 Å². The summed E-state index contributed by atoms with van der Waals surface area (Å²) in [5, 5.41) is 3.27. The molecule has 0 radical (unpaired) electrons. The van der Waals surface area contributed by atoms with E-state index in [1.165, 1.54) is 12.8 Å². The lowest BCUT2D eigenvalue weighted by molar-refractivity contribution is -0.132. The van der Waals surface area contributed by atoms with Crippen molar-refractivity contribution in [3.63, 3.8) is 0 Å². The number of likely N-dealkylation sites (tertiary alicyclic amines) is 1. The van der Waals surface area contributed by atoms with Gasteiger partial charge in [0.1, 0.15) is 0 Å². The Labute approximate surface area is 93.2 Å². The number of nitrogens with one attached hydrogen (secondary N) is 1. The quantitative estimate of drug-likeness (QED) is 0.703. The summed E-state index contributed by atoms with van der Waals surface area (Å²) in [5.74, 6) is 1.01. The van der Waals surface area contributed by atoms with Gasteiger partial charge in [0, 0.05) is 26.1 Å². The minimum Gasteiger partial charge on any atom is -0.342 e. The fourth-order valence-corrected chi connectivity index (χ4v) is 2.07. The standard InChI is InChI=1S/C12H24N2O/c1-3-7-13-8-6-12(15)14-9-4-5-11(2)10-14/h11,13H,3-10H2,1-2H3. The van der Waals surface area contributed by atoms with Gasteiger partial charge in [0.15, 0.2) is 0 Å². The van der Waals surface area contributed by atoms with Gasteiger partial charge in [-0.25, -0.2) is 0 Å². The highest BCUT2D eigenvalue weighted by atomic mass is 16.2. The molecule has 0 spiro atoms. The van der Waals surface area contributed by atoms with Crippen LogP contribution in [0.4, 0.5) is 0 Å². The van der Waals surface area contributed by atoms with E-state index >= 15 is 0 Å². The van der Waals surface area contributed by atoms with Crippen molar-refractivity contribution >= 4 is 5.91 Å². The molecule has 0 aromatic carbocycles. The van der Waals surface area contributed by atoms with Crippen LogP contribution in [0, 0.1) is 5.92 Å². The summed E-state index contributed by atoms with van der Waals surface area (Å²) in [6, 6.07) is 0. The minimum absolute atomic E-state index is 0.324. The van der Waals surface area contributed by atoms with Crippen molar-refractivity contribution in [2.45, 2.75) is 39.5 Å². The summed E-state index contributed by atoms with van der Waals surface area (Å²) in [5.41, 5.74) is 0. The normalized spacial score (nSPS) is 21.7. The Bertz CT molecular complexity index is 194. The fourth-order valence-electron chi connectivity index (χ4n) is 2.07. The molecule has 1 aliphatic heterocycles. The molecule has 1 aliphatic rings. The van der Waals surface area contributed by atoms with Crippen LogP contribution >= 0.6 is 0 Å². The Balaban J connectivity index is 2.15. The zero-order chi connectivity index (χ0) is 11.1. The van der Waals surface area contributed by atoms with E-state index in [1.54, 1.807) is 0 Å². The molecule has 1 fully saturated rings. The zero-order valence-electron chi connectivity index (χ0n) is 10.1. The lowest BCUT2D eigenvalue weighted by Gasteiger charge is -2.31. The maximum absolute atomic E-state index is 11.8. The van der Waals surface area contributed by atoms with Crippen molar-refractivity contribution in [1.29, 1.82) is 0 Å². The predicted octanol–water partition coefficient (Wildman–Crippen LogP) is 1.63. The van der Waals surface area contributed by atoms with Crippen LogP contribution in [0.2, 0.25) is 0 Å². The second-order valence-electron chi connectivity index (χ2n) is 4.59. The zero-order valence-corrected chi connectivity index (χ0v) is 10.1. The van der Waals surface area contributed by atoms with Crippen LogP contribution in [0.25, 0.3) is 0 Å². The fraction of sp³-hybridized carbons (Fsp3) is 0.917. The molecule has 1 N–H and O–H groups in total. The Hall–Kier alpha value is -0.570. The van der Waals surface area contributed by atoms with Crippen molar-refractivity contribution in [2.24, 2.45) is 5.92 Å². The minimum atomic E-state index is 0.324. The monoisotopic (exact) mass is 212 g/mol. The van der Waals surface area contributed by atoms with Crippen molar-refractivity contribution in [3.8, 4) is 0 Å². The van der Waals surface area contributed by atoms with Gasteiger partial charge in [-0.15, -0.1) is 0 Å². The number of amides is 1. The van der Waals surface area contributed by atoms with Crippen molar-refractivity contribution < 1.29 is 4.79 Å². The second-order valence-corrected chi connectivity index (χ2v) is 4.59. The molecule has 0 bridgehead atoms. The highest BCUT2D eigenvalue weighted by Gasteiger charge is 2.19. The Kier molecular flexibility index (Phi) is 5.69. The predicted molar refractivity (Wildman–Crippen MR) is 62.8 cm³/mol. The van der Waals surface area contributed by atoms with E-state index in [0.29, 0.717) is 18.2 Å². The van der Waals surface area contributed by atoms with Crippen LogP contribution in [-0.4, -0.2) is 37.0 Å². The van der Waals surface area contributed by atoms with Gasteiger partial charge in [0.2, 0.25) is 5.91 Å². The molecule has 3 heteroatoms. The van der Waals surface area contributed by atoms with Gasteiger partial charge in [-0.1, -0.05) is 13.8 Å². The van der Waals surface area contributed by atoms with Gasteiger partial charge in [0.25, 0.3) is 0 Å². The first-order valence-corrected chi connectivity index (χ1v) is 6.22. The lowest BCUT2D eigenvalue weighted by atomic mass is 10.00. The molecular formula is C12H24N2O. The molecule has 1 atom stereocenters. The van der Waals surface area contributed by atoms with Crippen LogP contribution < -0.4 is 5.32 Å². The first-order valence-electron chi connectivity index (χ1n) is 6.22. The highest BCUT2D eigenvalue weighted by molar-refractivity contribution is 5.76. The van der Waals surface area contributed by atoms with E-state index in [-0.39, 0.29) is 0 Å². The van der Waals surface area contributed by atoms with Gasteiger partial charge >= 0.3 is 0 Å². The molecule has 0 aliphatic carbocycles. The summed E-state index contributed by atoms with van der Waals surface area (Å²) in [4.78, 5) is 13.8. The maximum Gasteiger partial charge on any atom is 0.223 e. The molecule has 1 heterocycles. The number of hydrogen-bond donors (Lipinski definition) is 1. The number of nitrogens with zero attached hydrogens (tertiary/aromatic N) is 1. The van der Waals surface area contributed by atoms with Gasteiger partial charge in [-0.05, 0) is 31.7 Å². The van der Waals surface area contributed by atoms with E-state index in [9.17, 15) is 4.79 Å². The van der Waals surface area contributed by atoms with Gasteiger partial charge in [0.05, 0.1) is 0 Å². The molecule has 1 rings (SSSR count). The van der Waals surface area contributed by atoms with Crippen molar-refractivity contribution in [1.82, 2.24) is 10.2 Å². The number of piperidine rings is 1. The van der Waals surface area contributed by atoms with E-state index in [4.69, 9.17) is 0 Å². The number of carbonyl (C=O) groups is 1. The van der Waals surface area contributed by atoms with E-state index < -0.39 is 0 Å². The summed E-state index contributed by atoms with van der Waals surface area (Å²) in [6.45, 7) is 8.15. The van der Waals surface area contributed by atoms with Gasteiger partial charge < -0.3 is 10.2 Å². The molecule has 1 saturated heterocycles. The lowest BCUT2D eigenvalue weighted by Crippen LogP contribution is -2.40. The van der Waals surface area contributed by atoms with Crippen molar-refractivity contribution in [3.05, 3.63) is 0 Å². The van der Waals surface area contributed by atoms with Crippen molar-refractivity contribution in [2.75, 3.05) is 26.2 Å². The van der Waals surface area contributed by atoms with Crippen LogP contribution in [-0.2, 0) is 4.79 Å². The molecule has 0 saturated carbocycles. The van der Waals surface area contributed by atoms with Crippen LogP contribution in [0.5, 0.6) is 0 Å². The van der Waals surface area contributed by atoms with E-state index in [0.717, 1.165) is 32.6 Å². The third-order valence-corrected chi connectivity index (χ3v) is 2.95. The number of rotatable bonds is 5.